The molecule has 1 aromatic carbocycles. The molecule has 0 spiro atoms. The number of anilines is 1. The Morgan fingerprint density at radius 3 is 2.70 bits per heavy atom. The van der Waals surface area contributed by atoms with Gasteiger partial charge in [-0.3, -0.25) is 4.79 Å². The number of benzene rings is 1. The molecule has 0 aliphatic heterocycles. The molecule has 0 saturated heterocycles. The number of nitriles is 1. The van der Waals surface area contributed by atoms with Crippen molar-refractivity contribution in [2.45, 2.75) is 12.8 Å². The predicted octanol–water partition coefficient (Wildman–Crippen LogP) is 2.31. The summed E-state index contributed by atoms with van der Waals surface area (Å²) in [6.45, 7) is 0.0899. The van der Waals surface area contributed by atoms with E-state index in [9.17, 15) is 9.59 Å². The third kappa shape index (κ3) is 3.08. The molecule has 1 saturated carbocycles. The van der Waals surface area contributed by atoms with Gasteiger partial charge in [-0.05, 0) is 31.0 Å². The van der Waals surface area contributed by atoms with Gasteiger partial charge in [-0.1, -0.05) is 15.9 Å². The Morgan fingerprint density at radius 1 is 1.45 bits per heavy atom. The summed E-state index contributed by atoms with van der Waals surface area (Å²) in [5.74, 6) is -0.890. The summed E-state index contributed by atoms with van der Waals surface area (Å²) in [6.07, 6.45) is 1.15. The molecule has 0 unspecified atom stereocenters. The molecule has 1 aromatic rings. The fraction of sp³-hybridized carbons (Fsp3) is 0.308. The highest BCUT2D eigenvalue weighted by molar-refractivity contribution is 9.10. The van der Waals surface area contributed by atoms with E-state index >= 15 is 0 Å². The van der Waals surface area contributed by atoms with E-state index in [4.69, 9.17) is 10.4 Å². The first kappa shape index (κ1) is 14.3. The second kappa shape index (κ2) is 5.51. The zero-order valence-electron chi connectivity index (χ0n) is 10.4. The van der Waals surface area contributed by atoms with E-state index in [1.54, 1.807) is 18.2 Å². The first-order valence-electron chi connectivity index (χ1n) is 5.95. The lowest BCUT2D eigenvalue weighted by Gasteiger charge is -2.12. The Labute approximate surface area is 123 Å². The van der Waals surface area contributed by atoms with Gasteiger partial charge in [0.2, 0.25) is 0 Å². The fourth-order valence-electron chi connectivity index (χ4n) is 1.75. The summed E-state index contributed by atoms with van der Waals surface area (Å²) >= 11 is 3.24. The van der Waals surface area contributed by atoms with Crippen LogP contribution >= 0.6 is 15.9 Å². The maximum atomic E-state index is 11.7. The van der Waals surface area contributed by atoms with Gasteiger partial charge in [0.05, 0.1) is 16.7 Å². The molecule has 0 aromatic heterocycles. The number of nitrogens with one attached hydrogen (secondary N) is 2. The fourth-order valence-corrected chi connectivity index (χ4v) is 2.11. The normalized spacial score (nSPS) is 15.0. The second-order valence-electron chi connectivity index (χ2n) is 4.69. The standard InChI is InChI=1S/C13H12BrN3O3/c14-9-1-2-10(8(5-9)6-15)17-12(20)16-7-13(3-4-13)11(18)19/h1-2,5H,3-4,7H2,(H,18,19)(H2,16,17,20). The van der Waals surface area contributed by atoms with Gasteiger partial charge in [-0.15, -0.1) is 0 Å². The minimum absolute atomic E-state index is 0.0899. The van der Waals surface area contributed by atoms with Gasteiger partial charge in [0.1, 0.15) is 6.07 Å². The monoisotopic (exact) mass is 337 g/mol. The number of rotatable bonds is 4. The van der Waals surface area contributed by atoms with Crippen molar-refractivity contribution in [3.05, 3.63) is 28.2 Å². The summed E-state index contributed by atoms with van der Waals surface area (Å²) in [7, 11) is 0. The van der Waals surface area contributed by atoms with E-state index < -0.39 is 17.4 Å². The van der Waals surface area contributed by atoms with Gasteiger partial charge in [0.25, 0.3) is 0 Å². The molecule has 0 heterocycles. The van der Waals surface area contributed by atoms with Gasteiger partial charge in [0.15, 0.2) is 0 Å². The van der Waals surface area contributed by atoms with Crippen molar-refractivity contribution >= 4 is 33.6 Å². The van der Waals surface area contributed by atoms with Crippen LogP contribution in [0.2, 0.25) is 0 Å². The summed E-state index contributed by atoms with van der Waals surface area (Å²) in [5.41, 5.74) is -0.1000. The molecule has 0 radical (unpaired) electrons. The Bertz CT molecular complexity index is 605. The number of carboxylic acids is 1. The number of amides is 2. The molecule has 3 N–H and O–H groups in total. The quantitative estimate of drug-likeness (QED) is 0.784. The maximum Gasteiger partial charge on any atom is 0.319 e. The van der Waals surface area contributed by atoms with E-state index in [-0.39, 0.29) is 6.54 Å². The van der Waals surface area contributed by atoms with Gasteiger partial charge in [0, 0.05) is 11.0 Å². The van der Waals surface area contributed by atoms with Crippen LogP contribution in [0.4, 0.5) is 10.5 Å². The Hall–Kier alpha value is -2.07. The highest BCUT2D eigenvalue weighted by Crippen LogP contribution is 2.45. The van der Waals surface area contributed by atoms with Crippen LogP contribution in [0.15, 0.2) is 22.7 Å². The minimum Gasteiger partial charge on any atom is -0.481 e. The highest BCUT2D eigenvalue weighted by Gasteiger charge is 2.50. The van der Waals surface area contributed by atoms with E-state index in [0.29, 0.717) is 24.1 Å². The van der Waals surface area contributed by atoms with Gasteiger partial charge < -0.3 is 15.7 Å². The number of nitrogens with zero attached hydrogens (tertiary/aromatic N) is 1. The lowest BCUT2D eigenvalue weighted by molar-refractivity contribution is -0.143. The molecule has 6 nitrogen and oxygen atoms in total. The Morgan fingerprint density at radius 2 is 2.15 bits per heavy atom. The first-order valence-corrected chi connectivity index (χ1v) is 6.74. The molecule has 1 aliphatic rings. The molecule has 1 fully saturated rings. The second-order valence-corrected chi connectivity index (χ2v) is 5.61. The summed E-state index contributed by atoms with van der Waals surface area (Å²) in [6, 6.07) is 6.36. The molecule has 2 rings (SSSR count). The van der Waals surface area contributed by atoms with Crippen LogP contribution in [0.5, 0.6) is 0 Å². The van der Waals surface area contributed by atoms with Crippen LogP contribution in [0.1, 0.15) is 18.4 Å². The van der Waals surface area contributed by atoms with Crippen LogP contribution in [-0.4, -0.2) is 23.7 Å². The van der Waals surface area contributed by atoms with E-state index in [0.717, 1.165) is 4.47 Å². The van der Waals surface area contributed by atoms with Crippen LogP contribution in [0.3, 0.4) is 0 Å². The van der Waals surface area contributed by atoms with Gasteiger partial charge >= 0.3 is 12.0 Å². The van der Waals surface area contributed by atoms with Crippen molar-refractivity contribution in [1.29, 1.82) is 5.26 Å². The SMILES string of the molecule is N#Cc1cc(Br)ccc1NC(=O)NCC1(C(=O)O)CC1. The van der Waals surface area contributed by atoms with Crippen molar-refractivity contribution in [3.8, 4) is 6.07 Å². The third-order valence-corrected chi connectivity index (χ3v) is 3.74. The number of urea groups is 1. The van der Waals surface area contributed by atoms with Crippen molar-refractivity contribution in [1.82, 2.24) is 5.32 Å². The summed E-state index contributed by atoms with van der Waals surface area (Å²) < 4.78 is 0.739. The van der Waals surface area contributed by atoms with Crippen molar-refractivity contribution in [2.75, 3.05) is 11.9 Å². The zero-order valence-corrected chi connectivity index (χ0v) is 12.0. The number of aliphatic carboxylic acids is 1. The number of carboxylic acid groups (broad SMARTS) is 1. The third-order valence-electron chi connectivity index (χ3n) is 3.24. The number of hydrogen-bond acceptors (Lipinski definition) is 3. The van der Waals surface area contributed by atoms with Crippen molar-refractivity contribution < 1.29 is 14.7 Å². The molecule has 104 valence electrons. The molecular weight excluding hydrogens is 326 g/mol. The number of hydrogen-bond donors (Lipinski definition) is 3. The zero-order chi connectivity index (χ0) is 14.8. The van der Waals surface area contributed by atoms with Crippen LogP contribution in [-0.2, 0) is 4.79 Å². The van der Waals surface area contributed by atoms with E-state index in [1.807, 2.05) is 6.07 Å². The summed E-state index contributed by atoms with van der Waals surface area (Å²) in [4.78, 5) is 22.7. The topological polar surface area (TPSA) is 102 Å². The molecule has 20 heavy (non-hydrogen) atoms. The largest absolute Gasteiger partial charge is 0.481 e. The van der Waals surface area contributed by atoms with E-state index in [1.165, 1.54) is 0 Å². The van der Waals surface area contributed by atoms with Crippen LogP contribution in [0.25, 0.3) is 0 Å². The average molecular weight is 338 g/mol. The molecule has 0 atom stereocenters. The number of carbonyl (C=O) groups is 2. The Balaban J connectivity index is 1.96. The highest BCUT2D eigenvalue weighted by atomic mass is 79.9. The van der Waals surface area contributed by atoms with Gasteiger partial charge in [-0.25, -0.2) is 4.79 Å². The van der Waals surface area contributed by atoms with Crippen molar-refractivity contribution in [3.63, 3.8) is 0 Å². The predicted molar refractivity (Wildman–Crippen MR) is 75.2 cm³/mol. The maximum absolute atomic E-state index is 11.7. The summed E-state index contributed by atoms with van der Waals surface area (Å²) in [5, 5.41) is 23.0. The number of carbonyl (C=O) groups excluding carboxylic acids is 1. The lowest BCUT2D eigenvalue weighted by Crippen LogP contribution is -2.36. The number of halogens is 1. The lowest BCUT2D eigenvalue weighted by atomic mass is 10.1. The first-order chi connectivity index (χ1) is 9.47. The van der Waals surface area contributed by atoms with Crippen molar-refractivity contribution in [2.24, 2.45) is 5.41 Å². The minimum atomic E-state index is -0.890. The Kier molecular flexibility index (Phi) is 3.95. The van der Waals surface area contributed by atoms with Crippen LogP contribution < -0.4 is 10.6 Å². The molecule has 0 bridgehead atoms. The average Bonchev–Trinajstić information content (AvgIpc) is 3.19. The molecule has 2 amide bonds. The molecule has 1 aliphatic carbocycles. The van der Waals surface area contributed by atoms with E-state index in [2.05, 4.69) is 26.6 Å². The molecular formula is C13H12BrN3O3. The smallest absolute Gasteiger partial charge is 0.319 e. The van der Waals surface area contributed by atoms with Crippen LogP contribution in [0, 0.1) is 16.7 Å². The van der Waals surface area contributed by atoms with Gasteiger partial charge in [-0.2, -0.15) is 5.26 Å². The molecule has 7 heteroatoms.